The largest absolute Gasteiger partial charge is 0.355 e. The molecule has 0 aliphatic rings. The molecule has 0 aliphatic heterocycles. The van der Waals surface area contributed by atoms with Crippen molar-refractivity contribution in [2.75, 3.05) is 11.8 Å². The Morgan fingerprint density at radius 2 is 1.73 bits per heavy atom. The SMILES string of the molecule is CNC(=O)c1cc(Cl)c(Cl)c(S(=O)(=O)Nc2c(C)n(C)n(-c3ccccc3)c2=O)c1. The van der Waals surface area contributed by atoms with E-state index in [1.165, 1.54) is 22.5 Å². The maximum Gasteiger partial charge on any atom is 0.296 e. The van der Waals surface area contributed by atoms with E-state index in [9.17, 15) is 18.0 Å². The van der Waals surface area contributed by atoms with E-state index in [2.05, 4.69) is 10.0 Å². The summed E-state index contributed by atoms with van der Waals surface area (Å²) in [5.41, 5.74) is 0.269. The molecule has 1 aromatic heterocycles. The van der Waals surface area contributed by atoms with Gasteiger partial charge in [-0.05, 0) is 31.2 Å². The number of aromatic nitrogens is 2. The number of rotatable bonds is 5. The summed E-state index contributed by atoms with van der Waals surface area (Å²) in [5, 5.41) is 2.03. The van der Waals surface area contributed by atoms with Crippen LogP contribution >= 0.6 is 23.2 Å². The van der Waals surface area contributed by atoms with Crippen molar-refractivity contribution in [1.29, 1.82) is 0 Å². The molecule has 2 N–H and O–H groups in total. The molecule has 3 rings (SSSR count). The number of halogens is 2. The Hall–Kier alpha value is -2.75. The van der Waals surface area contributed by atoms with Gasteiger partial charge in [-0.1, -0.05) is 41.4 Å². The van der Waals surface area contributed by atoms with Crippen LogP contribution in [0.15, 0.2) is 52.2 Å². The van der Waals surface area contributed by atoms with Crippen molar-refractivity contribution in [2.24, 2.45) is 7.05 Å². The van der Waals surface area contributed by atoms with Gasteiger partial charge >= 0.3 is 0 Å². The summed E-state index contributed by atoms with van der Waals surface area (Å²) in [5.74, 6) is -0.535. The summed E-state index contributed by atoms with van der Waals surface area (Å²) in [6.45, 7) is 1.61. The van der Waals surface area contributed by atoms with Gasteiger partial charge in [0.05, 0.1) is 21.4 Å². The second-order valence-corrected chi connectivity index (χ2v) is 8.83. The molecule has 0 spiro atoms. The Morgan fingerprint density at radius 3 is 2.33 bits per heavy atom. The molecule has 1 heterocycles. The van der Waals surface area contributed by atoms with Gasteiger partial charge in [0.25, 0.3) is 21.5 Å². The van der Waals surface area contributed by atoms with Crippen molar-refractivity contribution in [3.05, 3.63) is 74.1 Å². The standard InChI is InChI=1S/C19H18Cl2N4O4S/c1-11-17(19(27)25(24(11)3)13-7-5-4-6-8-13)23-30(28,29)15-10-12(18(26)22-2)9-14(20)16(15)21/h4-10,23H,1-3H3,(H,22,26). The van der Waals surface area contributed by atoms with E-state index >= 15 is 0 Å². The number of sulfonamides is 1. The lowest BCUT2D eigenvalue weighted by Gasteiger charge is -2.11. The van der Waals surface area contributed by atoms with Gasteiger partial charge in [-0.3, -0.25) is 19.0 Å². The van der Waals surface area contributed by atoms with Crippen LogP contribution in [-0.4, -0.2) is 30.7 Å². The van der Waals surface area contributed by atoms with Gasteiger partial charge in [-0.2, -0.15) is 0 Å². The van der Waals surface area contributed by atoms with Gasteiger partial charge in [0.1, 0.15) is 10.6 Å². The second-order valence-electron chi connectivity index (χ2n) is 6.39. The highest BCUT2D eigenvalue weighted by atomic mass is 35.5. The molecular formula is C19H18Cl2N4O4S. The zero-order valence-electron chi connectivity index (χ0n) is 16.2. The van der Waals surface area contributed by atoms with Crippen molar-refractivity contribution in [3.8, 4) is 5.69 Å². The number of hydrogen-bond acceptors (Lipinski definition) is 4. The third kappa shape index (κ3) is 3.83. The second kappa shape index (κ2) is 8.17. The van der Waals surface area contributed by atoms with E-state index in [1.54, 1.807) is 44.3 Å². The lowest BCUT2D eigenvalue weighted by molar-refractivity contribution is 0.0963. The number of nitrogens with one attached hydrogen (secondary N) is 2. The third-order valence-corrected chi connectivity index (χ3v) is 6.85. The Kier molecular flexibility index (Phi) is 5.98. The van der Waals surface area contributed by atoms with Gasteiger partial charge < -0.3 is 5.32 Å². The molecule has 1 amide bonds. The number of hydrogen-bond donors (Lipinski definition) is 2. The van der Waals surface area contributed by atoms with Crippen LogP contribution in [0.5, 0.6) is 0 Å². The molecule has 0 bridgehead atoms. The third-order valence-electron chi connectivity index (χ3n) is 4.56. The quantitative estimate of drug-likeness (QED) is 0.600. The van der Waals surface area contributed by atoms with Crippen LogP contribution < -0.4 is 15.6 Å². The predicted molar refractivity (Wildman–Crippen MR) is 116 cm³/mol. The molecule has 0 saturated heterocycles. The Morgan fingerprint density at radius 1 is 1.10 bits per heavy atom. The fourth-order valence-corrected chi connectivity index (χ4v) is 4.84. The number of anilines is 1. The maximum absolute atomic E-state index is 13.1. The van der Waals surface area contributed by atoms with Crippen molar-refractivity contribution in [1.82, 2.24) is 14.7 Å². The summed E-state index contributed by atoms with van der Waals surface area (Å²) in [6, 6.07) is 11.1. The molecule has 11 heteroatoms. The van der Waals surface area contributed by atoms with Crippen LogP contribution in [0, 0.1) is 6.92 Å². The summed E-state index contributed by atoms with van der Waals surface area (Å²) in [4.78, 5) is 24.5. The fourth-order valence-electron chi connectivity index (χ4n) is 2.91. The molecule has 0 aliphatic carbocycles. The first-order valence-corrected chi connectivity index (χ1v) is 10.9. The van der Waals surface area contributed by atoms with E-state index in [4.69, 9.17) is 23.2 Å². The van der Waals surface area contributed by atoms with Crippen LogP contribution in [-0.2, 0) is 17.1 Å². The number of para-hydroxylation sites is 1. The zero-order valence-corrected chi connectivity index (χ0v) is 18.6. The molecule has 158 valence electrons. The molecule has 0 atom stereocenters. The summed E-state index contributed by atoms with van der Waals surface area (Å²) < 4.78 is 31.3. The predicted octanol–water partition coefficient (Wildman–Crippen LogP) is 2.95. The van der Waals surface area contributed by atoms with E-state index in [-0.39, 0.29) is 21.3 Å². The molecule has 8 nitrogen and oxygen atoms in total. The Bertz CT molecular complexity index is 1300. The molecule has 30 heavy (non-hydrogen) atoms. The monoisotopic (exact) mass is 468 g/mol. The van der Waals surface area contributed by atoms with Gasteiger partial charge in [-0.15, -0.1) is 0 Å². The number of benzene rings is 2. The zero-order chi connectivity index (χ0) is 22.2. The minimum Gasteiger partial charge on any atom is -0.355 e. The highest BCUT2D eigenvalue weighted by Crippen LogP contribution is 2.32. The van der Waals surface area contributed by atoms with Crippen molar-refractivity contribution in [2.45, 2.75) is 11.8 Å². The number of carbonyl (C=O) groups is 1. The smallest absolute Gasteiger partial charge is 0.296 e. The topological polar surface area (TPSA) is 102 Å². The average molecular weight is 469 g/mol. The van der Waals surface area contributed by atoms with Crippen LogP contribution in [0.2, 0.25) is 10.0 Å². The Labute approximate surface area is 183 Å². The molecule has 0 radical (unpaired) electrons. The van der Waals surface area contributed by atoms with Crippen LogP contribution in [0.3, 0.4) is 0 Å². The summed E-state index contributed by atoms with van der Waals surface area (Å²) in [6.07, 6.45) is 0. The highest BCUT2D eigenvalue weighted by Gasteiger charge is 2.26. The molecule has 3 aromatic rings. The summed E-state index contributed by atoms with van der Waals surface area (Å²) in [7, 11) is -1.30. The van der Waals surface area contributed by atoms with E-state index in [0.29, 0.717) is 11.4 Å². The molecule has 0 unspecified atom stereocenters. The minimum atomic E-state index is -4.33. The van der Waals surface area contributed by atoms with E-state index in [1.807, 2.05) is 0 Å². The minimum absolute atomic E-state index is 0.0127. The van der Waals surface area contributed by atoms with Gasteiger partial charge in [0.2, 0.25) is 0 Å². The van der Waals surface area contributed by atoms with Crippen molar-refractivity contribution in [3.63, 3.8) is 0 Å². The first-order valence-electron chi connectivity index (χ1n) is 8.66. The number of nitrogens with zero attached hydrogens (tertiary/aromatic N) is 2. The number of carbonyl (C=O) groups excluding carboxylic acids is 1. The van der Waals surface area contributed by atoms with Gasteiger partial charge in [-0.25, -0.2) is 13.1 Å². The fraction of sp³-hybridized carbons (Fsp3) is 0.158. The van der Waals surface area contributed by atoms with E-state index < -0.39 is 26.4 Å². The average Bonchev–Trinajstić information content (AvgIpc) is 2.92. The first kappa shape index (κ1) is 21.9. The maximum atomic E-state index is 13.1. The lowest BCUT2D eigenvalue weighted by atomic mass is 10.2. The van der Waals surface area contributed by atoms with E-state index in [0.717, 1.165) is 6.07 Å². The van der Waals surface area contributed by atoms with Crippen molar-refractivity contribution >= 4 is 44.8 Å². The Balaban J connectivity index is 2.13. The number of amides is 1. The van der Waals surface area contributed by atoms with Gasteiger partial charge in [0.15, 0.2) is 0 Å². The highest BCUT2D eigenvalue weighted by molar-refractivity contribution is 7.92. The lowest BCUT2D eigenvalue weighted by Crippen LogP contribution is -2.24. The van der Waals surface area contributed by atoms with Gasteiger partial charge in [0, 0.05) is 19.7 Å². The van der Waals surface area contributed by atoms with Crippen LogP contribution in [0.1, 0.15) is 16.1 Å². The molecule has 0 saturated carbocycles. The summed E-state index contributed by atoms with van der Waals surface area (Å²) >= 11 is 12.1. The van der Waals surface area contributed by atoms with Crippen molar-refractivity contribution < 1.29 is 13.2 Å². The normalized spacial score (nSPS) is 11.4. The molecule has 0 fully saturated rings. The molecular weight excluding hydrogens is 451 g/mol. The van der Waals surface area contributed by atoms with Crippen LogP contribution in [0.25, 0.3) is 5.69 Å². The molecule has 2 aromatic carbocycles. The van der Waals surface area contributed by atoms with Crippen LogP contribution in [0.4, 0.5) is 5.69 Å². The first-order chi connectivity index (χ1) is 14.1.